The van der Waals surface area contributed by atoms with Gasteiger partial charge in [0.05, 0.1) is 21.6 Å². The van der Waals surface area contributed by atoms with Crippen molar-refractivity contribution in [2.75, 3.05) is 5.32 Å². The summed E-state index contributed by atoms with van der Waals surface area (Å²) < 4.78 is 5.52. The summed E-state index contributed by atoms with van der Waals surface area (Å²) in [6, 6.07) is 14.7. The fraction of sp³-hybridized carbons (Fsp3) is 0.125. The van der Waals surface area contributed by atoms with E-state index in [1.54, 1.807) is 31.2 Å². The number of hydrazone groups is 1. The van der Waals surface area contributed by atoms with Crippen LogP contribution >= 0.6 is 0 Å². The maximum absolute atomic E-state index is 12.1. The Bertz CT molecular complexity index is 1360. The van der Waals surface area contributed by atoms with Gasteiger partial charge in [0.1, 0.15) is 5.75 Å². The first-order valence-electron chi connectivity index (χ1n) is 10.5. The number of hydrogen-bond acceptors (Lipinski definition) is 8. The van der Waals surface area contributed by atoms with Crippen LogP contribution in [0.2, 0.25) is 0 Å². The van der Waals surface area contributed by atoms with Gasteiger partial charge in [0.25, 0.3) is 5.69 Å². The lowest BCUT2D eigenvalue weighted by molar-refractivity contribution is -0.394. The zero-order valence-electron chi connectivity index (χ0n) is 19.5. The summed E-state index contributed by atoms with van der Waals surface area (Å²) >= 11 is 0. The van der Waals surface area contributed by atoms with Crippen LogP contribution in [0.5, 0.6) is 11.5 Å². The van der Waals surface area contributed by atoms with E-state index >= 15 is 0 Å². The van der Waals surface area contributed by atoms with Gasteiger partial charge in [-0.25, -0.2) is 5.43 Å². The minimum absolute atomic E-state index is 0.161. The Hall–Kier alpha value is -5.13. The zero-order valence-corrected chi connectivity index (χ0v) is 19.5. The summed E-state index contributed by atoms with van der Waals surface area (Å²) in [5.41, 5.74) is 4.56. The van der Waals surface area contributed by atoms with E-state index in [1.165, 1.54) is 12.1 Å². The van der Waals surface area contributed by atoms with Crippen molar-refractivity contribution in [1.82, 2.24) is 5.43 Å². The van der Waals surface area contributed by atoms with Crippen molar-refractivity contribution in [1.29, 1.82) is 0 Å². The number of non-ortho nitro benzene ring substituents is 1. The third-order valence-corrected chi connectivity index (χ3v) is 4.86. The molecule has 3 rings (SSSR count). The van der Waals surface area contributed by atoms with Gasteiger partial charge in [0, 0.05) is 11.8 Å². The summed E-state index contributed by atoms with van der Waals surface area (Å²) in [5, 5.41) is 28.6. The molecule has 0 unspecified atom stereocenters. The summed E-state index contributed by atoms with van der Waals surface area (Å²) in [7, 11) is 0. The van der Waals surface area contributed by atoms with Crippen molar-refractivity contribution in [2.45, 2.75) is 20.8 Å². The molecule has 0 spiro atoms. The number of anilines is 1. The first kappa shape index (κ1) is 25.5. The number of aryl methyl sites for hydroxylation is 2. The summed E-state index contributed by atoms with van der Waals surface area (Å²) in [6.07, 6.45) is 0. The number of nitrogens with zero attached hydrogens (tertiary/aromatic N) is 3. The average molecular weight is 491 g/mol. The fourth-order valence-electron chi connectivity index (χ4n) is 3.22. The van der Waals surface area contributed by atoms with E-state index in [-0.39, 0.29) is 11.5 Å². The Kier molecular flexibility index (Phi) is 7.69. The van der Waals surface area contributed by atoms with Crippen LogP contribution in [-0.2, 0) is 9.59 Å². The molecule has 3 aromatic carbocycles. The highest BCUT2D eigenvalue weighted by Crippen LogP contribution is 2.34. The molecule has 0 aromatic heterocycles. The van der Waals surface area contributed by atoms with Crippen LogP contribution in [0.15, 0.2) is 65.8 Å². The lowest BCUT2D eigenvalue weighted by atomic mass is 10.1. The van der Waals surface area contributed by atoms with Crippen LogP contribution in [0, 0.1) is 34.1 Å². The highest BCUT2D eigenvalue weighted by Gasteiger charge is 2.21. The normalized spacial score (nSPS) is 10.9. The molecule has 12 heteroatoms. The van der Waals surface area contributed by atoms with Gasteiger partial charge < -0.3 is 10.1 Å². The molecule has 36 heavy (non-hydrogen) atoms. The molecule has 0 aliphatic heterocycles. The summed E-state index contributed by atoms with van der Waals surface area (Å²) in [6.45, 7) is 5.36. The molecule has 2 amide bonds. The van der Waals surface area contributed by atoms with Gasteiger partial charge in [-0.2, -0.15) is 5.10 Å². The fourth-order valence-corrected chi connectivity index (χ4v) is 3.22. The first-order chi connectivity index (χ1) is 17.0. The molecule has 0 fully saturated rings. The number of carbonyl (C=O) groups excluding carboxylic acids is 2. The lowest BCUT2D eigenvalue weighted by Gasteiger charge is -2.08. The molecule has 184 valence electrons. The molecular formula is C24H21N5O7. The number of carbonyl (C=O) groups is 2. The third-order valence-electron chi connectivity index (χ3n) is 4.86. The Morgan fingerprint density at radius 3 is 2.08 bits per heavy atom. The highest BCUT2D eigenvalue weighted by atomic mass is 16.6. The number of nitro benzene ring substituents is 2. The summed E-state index contributed by atoms with van der Waals surface area (Å²) in [4.78, 5) is 44.9. The van der Waals surface area contributed by atoms with Gasteiger partial charge in [-0.15, -0.1) is 0 Å². The van der Waals surface area contributed by atoms with Crippen molar-refractivity contribution in [3.8, 4) is 11.5 Å². The standard InChI is InChI=1S/C24H21N5O7/c1-14-10-15(2)12-18(11-14)25-23(30)24(31)27-26-16(3)17-4-7-20(8-5-17)36-22-9-6-19(28(32)33)13-21(22)29(34)35/h4-13H,1-3H3,(H,25,30)(H,27,31). The highest BCUT2D eigenvalue weighted by molar-refractivity contribution is 6.39. The van der Waals surface area contributed by atoms with Crippen LogP contribution < -0.4 is 15.5 Å². The minimum Gasteiger partial charge on any atom is -0.450 e. The number of nitro groups is 2. The van der Waals surface area contributed by atoms with E-state index in [4.69, 9.17) is 4.74 Å². The molecule has 0 atom stereocenters. The van der Waals surface area contributed by atoms with Gasteiger partial charge in [0.2, 0.25) is 5.75 Å². The van der Waals surface area contributed by atoms with Crippen LogP contribution in [0.3, 0.4) is 0 Å². The predicted molar refractivity (Wildman–Crippen MR) is 131 cm³/mol. The number of amides is 2. The molecule has 0 bridgehead atoms. The van der Waals surface area contributed by atoms with E-state index in [2.05, 4.69) is 15.8 Å². The van der Waals surface area contributed by atoms with E-state index in [0.29, 0.717) is 17.0 Å². The second kappa shape index (κ2) is 10.9. The Labute approximate surface area is 204 Å². The molecule has 12 nitrogen and oxygen atoms in total. The monoisotopic (exact) mass is 491 g/mol. The van der Waals surface area contributed by atoms with E-state index in [0.717, 1.165) is 29.3 Å². The van der Waals surface area contributed by atoms with Crippen molar-refractivity contribution in [3.05, 3.63) is 97.6 Å². The predicted octanol–water partition coefficient (Wildman–Crippen LogP) is 4.39. The quantitative estimate of drug-likeness (QED) is 0.214. The third kappa shape index (κ3) is 6.47. The maximum Gasteiger partial charge on any atom is 0.329 e. The molecule has 0 saturated carbocycles. The first-order valence-corrected chi connectivity index (χ1v) is 10.5. The van der Waals surface area contributed by atoms with Gasteiger partial charge in [-0.05, 0) is 79.9 Å². The number of hydrogen-bond donors (Lipinski definition) is 2. The lowest BCUT2D eigenvalue weighted by Crippen LogP contribution is -2.33. The minimum atomic E-state index is -0.945. The van der Waals surface area contributed by atoms with Crippen molar-refractivity contribution in [2.24, 2.45) is 5.10 Å². The van der Waals surface area contributed by atoms with Crippen LogP contribution in [-0.4, -0.2) is 27.4 Å². The molecule has 0 saturated heterocycles. The van der Waals surface area contributed by atoms with Gasteiger partial charge in [-0.1, -0.05) is 6.07 Å². The van der Waals surface area contributed by atoms with E-state index in [1.807, 2.05) is 19.9 Å². The zero-order chi connectivity index (χ0) is 26.4. The molecular weight excluding hydrogens is 470 g/mol. The van der Waals surface area contributed by atoms with Crippen LogP contribution in [0.4, 0.5) is 17.1 Å². The Morgan fingerprint density at radius 2 is 1.50 bits per heavy atom. The number of ether oxygens (including phenoxy) is 1. The second-order valence-corrected chi connectivity index (χ2v) is 7.76. The van der Waals surface area contributed by atoms with E-state index in [9.17, 15) is 29.8 Å². The molecule has 0 aliphatic carbocycles. The maximum atomic E-state index is 12.1. The van der Waals surface area contributed by atoms with Crippen LogP contribution in [0.1, 0.15) is 23.6 Å². The molecule has 2 N–H and O–H groups in total. The topological polar surface area (TPSA) is 166 Å². The van der Waals surface area contributed by atoms with Crippen molar-refractivity contribution in [3.63, 3.8) is 0 Å². The number of benzene rings is 3. The Morgan fingerprint density at radius 1 is 0.861 bits per heavy atom. The molecule has 3 aromatic rings. The van der Waals surface area contributed by atoms with Gasteiger partial charge in [-0.3, -0.25) is 29.8 Å². The van der Waals surface area contributed by atoms with Gasteiger partial charge >= 0.3 is 17.5 Å². The SMILES string of the molecule is CC(=NNC(=O)C(=O)Nc1cc(C)cc(C)c1)c1ccc(Oc2ccc([N+](=O)[O-])cc2[N+](=O)[O-])cc1. The Balaban J connectivity index is 1.65. The molecule has 0 aliphatic rings. The molecule has 0 radical (unpaired) electrons. The van der Waals surface area contributed by atoms with E-state index < -0.39 is 33.0 Å². The largest absolute Gasteiger partial charge is 0.450 e. The van der Waals surface area contributed by atoms with Gasteiger partial charge in [0.15, 0.2) is 0 Å². The number of nitrogens with one attached hydrogen (secondary N) is 2. The second-order valence-electron chi connectivity index (χ2n) is 7.76. The van der Waals surface area contributed by atoms with Crippen molar-refractivity contribution < 1.29 is 24.2 Å². The molecule has 0 heterocycles. The average Bonchev–Trinajstić information content (AvgIpc) is 2.82. The van der Waals surface area contributed by atoms with Crippen LogP contribution in [0.25, 0.3) is 0 Å². The number of rotatable bonds is 7. The smallest absolute Gasteiger partial charge is 0.329 e. The van der Waals surface area contributed by atoms with Crippen molar-refractivity contribution >= 4 is 34.6 Å². The summed E-state index contributed by atoms with van der Waals surface area (Å²) in [5.74, 6) is -1.74.